The number of fused-ring (bicyclic) bond motifs is 1. The fourth-order valence-electron chi connectivity index (χ4n) is 9.77. The summed E-state index contributed by atoms with van der Waals surface area (Å²) in [6.45, 7) is 19.4. The number of hydrogen-bond donors (Lipinski definition) is 6. The van der Waals surface area contributed by atoms with E-state index in [2.05, 4.69) is 10.5 Å². The number of hydrogen-bond acceptors (Lipinski definition) is 16. The van der Waals surface area contributed by atoms with Crippen LogP contribution in [0.4, 0.5) is 0 Å². The molecule has 0 radical (unpaired) electrons. The number of aliphatic hydroxyl groups is 5. The Labute approximate surface area is 414 Å². The van der Waals surface area contributed by atoms with E-state index in [0.717, 1.165) is 22.3 Å². The van der Waals surface area contributed by atoms with Crippen LogP contribution in [0.3, 0.4) is 0 Å². The SMILES string of the molecule is CC(=O)OC1CC(C)(C)C(=C=C/C(C)=C/C=C/C(C)=C/C=C/C=C(C)/C=C/C=C(\C)C(=O)CC23OC2(C)CC(OC(=O)CC(O)(CC(=O)OC[C@H](O)[C@H]2OC(=O)C(O)=C2O)C(=O)O)CC3(C)C)[C@](C)(O)C1. The summed E-state index contributed by atoms with van der Waals surface area (Å²) in [4.78, 5) is 74.0. The van der Waals surface area contributed by atoms with Gasteiger partial charge in [0.05, 0.1) is 24.0 Å². The van der Waals surface area contributed by atoms with E-state index in [1.165, 1.54) is 6.92 Å². The average molecular weight is 991 g/mol. The summed E-state index contributed by atoms with van der Waals surface area (Å²) in [6, 6.07) is 0. The van der Waals surface area contributed by atoms with Crippen LogP contribution in [0.1, 0.15) is 121 Å². The molecule has 0 aromatic rings. The molecule has 8 atom stereocenters. The molecule has 2 aliphatic heterocycles. The van der Waals surface area contributed by atoms with Crippen molar-refractivity contribution in [2.24, 2.45) is 10.8 Å². The third-order valence-corrected chi connectivity index (χ3v) is 13.4. The minimum absolute atomic E-state index is 0.0625. The van der Waals surface area contributed by atoms with Crippen LogP contribution in [0.15, 0.2) is 112 Å². The lowest BCUT2D eigenvalue weighted by atomic mass is 9.61. The van der Waals surface area contributed by atoms with Gasteiger partial charge in [-0.2, -0.15) is 0 Å². The molecule has 0 amide bonds. The molecule has 2 saturated carbocycles. The van der Waals surface area contributed by atoms with Crippen LogP contribution < -0.4 is 0 Å². The van der Waals surface area contributed by atoms with E-state index in [4.69, 9.17) is 18.9 Å². The van der Waals surface area contributed by atoms with Crippen LogP contribution in [0.5, 0.6) is 0 Å². The number of carbonyl (C=O) groups excluding carboxylic acids is 5. The predicted octanol–water partition coefficient (Wildman–Crippen LogP) is 7.00. The van der Waals surface area contributed by atoms with Crippen LogP contribution in [0.25, 0.3) is 0 Å². The van der Waals surface area contributed by atoms with E-state index < -0.39 is 106 Å². The summed E-state index contributed by atoms with van der Waals surface area (Å²) in [5.41, 5.74) is 0.548. The number of Topliss-reactive ketones (excluding diaryl/α,β-unsaturated/α-hetero) is 1. The molecule has 2 heterocycles. The van der Waals surface area contributed by atoms with Gasteiger partial charge in [-0.3, -0.25) is 19.2 Å². The van der Waals surface area contributed by atoms with Crippen LogP contribution >= 0.6 is 0 Å². The van der Waals surface area contributed by atoms with Crippen LogP contribution in [-0.4, -0.2) is 120 Å². The Hall–Kier alpha value is -6.10. The van der Waals surface area contributed by atoms with Gasteiger partial charge in [0.25, 0.3) is 0 Å². The standard InChI is InChI=1S/C54H70O17/c1-32(18-14-19-34(3)22-23-41-49(6,7)24-37(68-36(5)55)26-51(41,10)65)16-12-13-17-33(2)20-15-21-35(4)39(56)28-54-50(8,9)25-38(27-52(54,11)71-54)69-43(59)30-53(66,48(63)64)29-42(58)67-31-40(57)46-44(60)45(61)47(62)70-46/h12-22,37-38,40,46,57,60-61,65-66H,24-31H2,1-11H3,(H,63,64)/b13-12+,18-14+,20-15+,32-16+,33-17+,34-19+,35-21+/t23?,37?,38?,40-,46+,51+,52?,53?,54?/m0/s1. The summed E-state index contributed by atoms with van der Waals surface area (Å²) in [6.07, 6.45) is 15.2. The Kier molecular flexibility index (Phi) is 18.2. The molecule has 0 aromatic carbocycles. The van der Waals surface area contributed by atoms with Gasteiger partial charge in [-0.15, -0.1) is 5.73 Å². The topological polar surface area (TPSA) is 273 Å². The second-order valence-electron chi connectivity index (χ2n) is 20.8. The van der Waals surface area contributed by atoms with Gasteiger partial charge in [-0.1, -0.05) is 99.6 Å². The number of allylic oxidation sites excluding steroid dienone is 14. The number of carbonyl (C=O) groups is 6. The zero-order valence-electron chi connectivity index (χ0n) is 42.5. The number of ether oxygens (including phenoxy) is 5. The number of rotatable bonds is 20. The summed E-state index contributed by atoms with van der Waals surface area (Å²) in [5, 5.41) is 61.0. The largest absolute Gasteiger partial charge is 0.505 e. The van der Waals surface area contributed by atoms with Gasteiger partial charge in [0.2, 0.25) is 5.76 Å². The van der Waals surface area contributed by atoms with E-state index in [9.17, 15) is 59.4 Å². The van der Waals surface area contributed by atoms with Crippen LogP contribution in [0, 0.1) is 10.8 Å². The lowest BCUT2D eigenvalue weighted by Gasteiger charge is -2.44. The Bertz CT molecular complexity index is 2430. The maximum atomic E-state index is 13.6. The van der Waals surface area contributed by atoms with Gasteiger partial charge in [0.1, 0.15) is 30.5 Å². The number of carboxylic acids is 1. The highest BCUT2D eigenvalue weighted by molar-refractivity contribution is 5.96. The first kappa shape index (κ1) is 57.5. The second kappa shape index (κ2) is 22.5. The summed E-state index contributed by atoms with van der Waals surface area (Å²) < 4.78 is 26.7. The Morgan fingerprint density at radius 1 is 0.789 bits per heavy atom. The number of aliphatic carboxylic acids is 1. The number of aliphatic hydroxyl groups excluding tert-OH is 3. The molecule has 1 saturated heterocycles. The van der Waals surface area contributed by atoms with Gasteiger partial charge < -0.3 is 54.3 Å². The molecule has 17 heteroatoms. The van der Waals surface area contributed by atoms with Crippen molar-refractivity contribution >= 4 is 35.6 Å². The maximum absolute atomic E-state index is 13.6. The minimum Gasteiger partial charge on any atom is -0.505 e. The quantitative estimate of drug-likeness (QED) is 0.0179. The van der Waals surface area contributed by atoms with Gasteiger partial charge >= 0.3 is 29.8 Å². The molecule has 3 fully saturated rings. The van der Waals surface area contributed by atoms with Crippen molar-refractivity contribution in [2.45, 2.75) is 168 Å². The molecule has 17 nitrogen and oxygen atoms in total. The molecule has 6 N–H and O–H groups in total. The fourth-order valence-corrected chi connectivity index (χ4v) is 9.77. The molecular weight excluding hydrogens is 921 g/mol. The number of epoxide rings is 1. The van der Waals surface area contributed by atoms with Gasteiger partial charge in [0, 0.05) is 37.2 Å². The van der Waals surface area contributed by atoms with E-state index >= 15 is 0 Å². The number of esters is 4. The summed E-state index contributed by atoms with van der Waals surface area (Å²) in [5.74, 6) is -8.33. The fraction of sp³-hybridized carbons (Fsp3) is 0.537. The first-order chi connectivity index (χ1) is 32.8. The van der Waals surface area contributed by atoms with Gasteiger partial charge in [-0.05, 0) is 77.0 Å². The van der Waals surface area contributed by atoms with E-state index in [1.807, 2.05) is 110 Å². The Balaban J connectivity index is 1.26. The Morgan fingerprint density at radius 3 is 1.89 bits per heavy atom. The Morgan fingerprint density at radius 2 is 1.35 bits per heavy atom. The normalized spacial score (nSPS) is 29.0. The highest BCUT2D eigenvalue weighted by atomic mass is 16.6. The van der Waals surface area contributed by atoms with Gasteiger partial charge in [0.15, 0.2) is 23.2 Å². The van der Waals surface area contributed by atoms with Crippen molar-refractivity contribution in [3.05, 3.63) is 112 Å². The average Bonchev–Trinajstić information content (AvgIpc) is 3.76. The second-order valence-corrected chi connectivity index (χ2v) is 20.8. The summed E-state index contributed by atoms with van der Waals surface area (Å²) in [7, 11) is 0. The molecular formula is C54H70O17. The lowest BCUT2D eigenvalue weighted by Crippen LogP contribution is -2.50. The summed E-state index contributed by atoms with van der Waals surface area (Å²) >= 11 is 0. The van der Waals surface area contributed by atoms with Crippen LogP contribution in [-0.2, 0) is 52.5 Å². The molecule has 388 valence electrons. The third kappa shape index (κ3) is 14.5. The van der Waals surface area contributed by atoms with Crippen molar-refractivity contribution in [1.82, 2.24) is 0 Å². The molecule has 0 spiro atoms. The van der Waals surface area contributed by atoms with Crippen molar-refractivity contribution in [1.29, 1.82) is 0 Å². The molecule has 2 aliphatic carbocycles. The van der Waals surface area contributed by atoms with Crippen LogP contribution in [0.2, 0.25) is 0 Å². The van der Waals surface area contributed by atoms with E-state index in [1.54, 1.807) is 26.0 Å². The molecule has 0 aromatic heterocycles. The number of cyclic esters (lactones) is 1. The zero-order chi connectivity index (χ0) is 53.5. The lowest BCUT2D eigenvalue weighted by molar-refractivity contribution is -0.177. The number of carboxylic acid groups (broad SMARTS) is 1. The molecule has 4 rings (SSSR count). The first-order valence-corrected chi connectivity index (χ1v) is 23.4. The van der Waals surface area contributed by atoms with Crippen molar-refractivity contribution in [2.75, 3.05) is 6.61 Å². The molecule has 0 bridgehead atoms. The smallest absolute Gasteiger partial charge is 0.377 e. The third-order valence-electron chi connectivity index (χ3n) is 13.4. The van der Waals surface area contributed by atoms with Crippen molar-refractivity contribution in [3.8, 4) is 0 Å². The van der Waals surface area contributed by atoms with Gasteiger partial charge in [-0.25, -0.2) is 9.59 Å². The van der Waals surface area contributed by atoms with E-state index in [-0.39, 0.29) is 37.1 Å². The first-order valence-electron chi connectivity index (χ1n) is 23.4. The molecule has 5 unspecified atom stereocenters. The highest BCUT2D eigenvalue weighted by Crippen LogP contribution is 2.67. The van der Waals surface area contributed by atoms with Crippen molar-refractivity contribution < 1.29 is 83.1 Å². The number of ketones is 1. The minimum atomic E-state index is -2.96. The highest BCUT2D eigenvalue weighted by Gasteiger charge is 2.76. The molecule has 4 aliphatic rings. The molecule has 71 heavy (non-hydrogen) atoms. The van der Waals surface area contributed by atoms with Crippen molar-refractivity contribution in [3.63, 3.8) is 0 Å². The monoisotopic (exact) mass is 990 g/mol. The van der Waals surface area contributed by atoms with E-state index in [0.29, 0.717) is 18.4 Å². The predicted molar refractivity (Wildman–Crippen MR) is 259 cm³/mol. The maximum Gasteiger partial charge on any atom is 0.377 e. The zero-order valence-corrected chi connectivity index (χ0v) is 42.5.